The highest BCUT2D eigenvalue weighted by molar-refractivity contribution is 5.85. The van der Waals surface area contributed by atoms with Crippen LogP contribution in [0.5, 0.6) is 0 Å². The fourth-order valence-corrected chi connectivity index (χ4v) is 1.35. The Kier molecular flexibility index (Phi) is 6.03. The van der Waals surface area contributed by atoms with Gasteiger partial charge in [0.2, 0.25) is 0 Å². The highest BCUT2D eigenvalue weighted by Gasteiger charge is 2.18. The third-order valence-corrected chi connectivity index (χ3v) is 1.98. The van der Waals surface area contributed by atoms with Gasteiger partial charge in [0, 0.05) is 13.6 Å². The van der Waals surface area contributed by atoms with E-state index in [1.54, 1.807) is 11.0 Å². The summed E-state index contributed by atoms with van der Waals surface area (Å²) in [7, 11) is 1.89. The van der Waals surface area contributed by atoms with E-state index in [9.17, 15) is 0 Å². The molecule has 82 valence electrons. The molecule has 1 aromatic heterocycles. The van der Waals surface area contributed by atoms with Crippen molar-refractivity contribution in [2.24, 2.45) is 7.05 Å². The topological polar surface area (TPSA) is 52.0 Å². The number of morpholine rings is 1. The molecule has 14 heavy (non-hydrogen) atoms. The van der Waals surface area contributed by atoms with Crippen LogP contribution in [0.3, 0.4) is 0 Å². The molecular weight excluding hydrogens is 227 g/mol. The van der Waals surface area contributed by atoms with Crippen LogP contribution in [0.15, 0.2) is 6.33 Å². The van der Waals surface area contributed by atoms with Gasteiger partial charge >= 0.3 is 0 Å². The molecule has 1 aromatic rings. The lowest BCUT2D eigenvalue weighted by Gasteiger charge is -2.22. The molecule has 0 saturated carbocycles. The minimum Gasteiger partial charge on any atom is -0.378 e. The Hall–Kier alpha value is -0.360. The van der Waals surface area contributed by atoms with E-state index in [2.05, 4.69) is 15.4 Å². The van der Waals surface area contributed by atoms with Crippen molar-refractivity contribution in [3.05, 3.63) is 12.2 Å². The first-order valence-electron chi connectivity index (χ1n) is 4.03. The molecule has 5 nitrogen and oxygen atoms in total. The second kappa shape index (κ2) is 6.19. The van der Waals surface area contributed by atoms with E-state index in [1.165, 1.54) is 0 Å². The van der Waals surface area contributed by atoms with E-state index in [0.29, 0.717) is 6.61 Å². The lowest BCUT2D eigenvalue weighted by atomic mass is 10.2. The highest BCUT2D eigenvalue weighted by Crippen LogP contribution is 2.10. The number of aromatic nitrogens is 3. The molecule has 1 atom stereocenters. The van der Waals surface area contributed by atoms with Crippen LogP contribution in [0.2, 0.25) is 0 Å². The average molecular weight is 241 g/mol. The maximum atomic E-state index is 5.32. The molecule has 1 saturated heterocycles. The summed E-state index contributed by atoms with van der Waals surface area (Å²) in [6.07, 6.45) is 1.56. The first kappa shape index (κ1) is 13.6. The molecular formula is C7H14Cl2N4O. The summed E-state index contributed by atoms with van der Waals surface area (Å²) in [6, 6.07) is 0.200. The molecule has 0 spiro atoms. The summed E-state index contributed by atoms with van der Waals surface area (Å²) in [4.78, 5) is 4.15. The molecule has 1 fully saturated rings. The Balaban J connectivity index is 0.000000845. The quantitative estimate of drug-likeness (QED) is 0.769. The molecule has 0 amide bonds. The fraction of sp³-hybridized carbons (Fsp3) is 0.714. The number of hydrogen-bond donors (Lipinski definition) is 1. The van der Waals surface area contributed by atoms with Crippen LogP contribution in [-0.2, 0) is 11.8 Å². The van der Waals surface area contributed by atoms with Gasteiger partial charge in [0.15, 0.2) is 0 Å². The van der Waals surface area contributed by atoms with E-state index in [-0.39, 0.29) is 30.9 Å². The van der Waals surface area contributed by atoms with E-state index < -0.39 is 0 Å². The van der Waals surface area contributed by atoms with Crippen molar-refractivity contribution in [1.82, 2.24) is 20.1 Å². The first-order chi connectivity index (χ1) is 5.88. The van der Waals surface area contributed by atoms with Crippen LogP contribution < -0.4 is 5.32 Å². The number of ether oxygens (including phenoxy) is 1. The molecule has 1 unspecified atom stereocenters. The molecule has 0 bridgehead atoms. The maximum absolute atomic E-state index is 5.32. The Morgan fingerprint density at radius 2 is 2.36 bits per heavy atom. The molecule has 1 aliphatic rings. The predicted octanol–water partition coefficient (Wildman–Crippen LogP) is 0.320. The zero-order chi connectivity index (χ0) is 8.39. The lowest BCUT2D eigenvalue weighted by Crippen LogP contribution is -2.36. The van der Waals surface area contributed by atoms with Crippen molar-refractivity contribution in [2.75, 3.05) is 19.8 Å². The van der Waals surface area contributed by atoms with Crippen LogP contribution >= 0.6 is 24.8 Å². The van der Waals surface area contributed by atoms with Crippen LogP contribution in [0.4, 0.5) is 0 Å². The monoisotopic (exact) mass is 240 g/mol. The Morgan fingerprint density at radius 3 is 2.86 bits per heavy atom. The summed E-state index contributed by atoms with van der Waals surface area (Å²) in [6.45, 7) is 2.36. The Labute approximate surface area is 95.0 Å². The molecule has 1 aliphatic heterocycles. The molecule has 2 heterocycles. The van der Waals surface area contributed by atoms with Crippen molar-refractivity contribution < 1.29 is 4.74 Å². The highest BCUT2D eigenvalue weighted by atomic mass is 35.5. The van der Waals surface area contributed by atoms with E-state index >= 15 is 0 Å². The average Bonchev–Trinajstić information content (AvgIpc) is 2.53. The van der Waals surface area contributed by atoms with Gasteiger partial charge in [0.1, 0.15) is 12.2 Å². The third kappa shape index (κ3) is 2.81. The van der Waals surface area contributed by atoms with Gasteiger partial charge in [-0.05, 0) is 0 Å². The molecule has 0 radical (unpaired) electrons. The SMILES string of the molecule is Cl.Cl.Cn1ncnc1C1COCCN1. The standard InChI is InChI=1S/C7H12N4O.2ClH/c1-11-7(9-5-10-11)6-4-12-3-2-8-6;;/h5-6,8H,2-4H2,1H3;2*1H. The molecule has 0 aliphatic carbocycles. The second-order valence-corrected chi connectivity index (χ2v) is 2.82. The van der Waals surface area contributed by atoms with Gasteiger partial charge in [0.05, 0.1) is 19.3 Å². The smallest absolute Gasteiger partial charge is 0.146 e. The maximum Gasteiger partial charge on any atom is 0.146 e. The fourth-order valence-electron chi connectivity index (χ4n) is 1.35. The van der Waals surface area contributed by atoms with Crippen LogP contribution in [0.25, 0.3) is 0 Å². The van der Waals surface area contributed by atoms with Crippen LogP contribution in [0, 0.1) is 0 Å². The Morgan fingerprint density at radius 1 is 1.57 bits per heavy atom. The van der Waals surface area contributed by atoms with E-state index in [0.717, 1.165) is 19.0 Å². The number of nitrogens with zero attached hydrogens (tertiary/aromatic N) is 3. The Bertz CT molecular complexity index is 262. The van der Waals surface area contributed by atoms with Gasteiger partial charge in [0.25, 0.3) is 0 Å². The minimum atomic E-state index is 0. The van der Waals surface area contributed by atoms with Crippen LogP contribution in [-0.4, -0.2) is 34.5 Å². The van der Waals surface area contributed by atoms with E-state index in [4.69, 9.17) is 4.74 Å². The summed E-state index contributed by atoms with van der Waals surface area (Å²) < 4.78 is 7.09. The summed E-state index contributed by atoms with van der Waals surface area (Å²) in [5.41, 5.74) is 0. The van der Waals surface area contributed by atoms with Gasteiger partial charge < -0.3 is 10.1 Å². The molecule has 0 aromatic carbocycles. The zero-order valence-electron chi connectivity index (χ0n) is 7.84. The second-order valence-electron chi connectivity index (χ2n) is 2.82. The third-order valence-electron chi connectivity index (χ3n) is 1.98. The summed E-state index contributed by atoms with van der Waals surface area (Å²) in [5.74, 6) is 0.940. The minimum absolute atomic E-state index is 0. The predicted molar refractivity (Wildman–Crippen MR) is 57.1 cm³/mol. The largest absolute Gasteiger partial charge is 0.378 e. The van der Waals surface area contributed by atoms with Crippen molar-refractivity contribution in [1.29, 1.82) is 0 Å². The number of hydrogen-bond acceptors (Lipinski definition) is 4. The molecule has 1 N–H and O–H groups in total. The van der Waals surface area contributed by atoms with Crippen molar-refractivity contribution in [2.45, 2.75) is 6.04 Å². The van der Waals surface area contributed by atoms with E-state index in [1.807, 2.05) is 7.05 Å². The van der Waals surface area contributed by atoms with Gasteiger partial charge in [-0.15, -0.1) is 24.8 Å². The summed E-state index contributed by atoms with van der Waals surface area (Å²) >= 11 is 0. The molecule has 2 rings (SSSR count). The van der Waals surface area contributed by atoms with Gasteiger partial charge in [-0.2, -0.15) is 5.10 Å². The van der Waals surface area contributed by atoms with Gasteiger partial charge in [-0.25, -0.2) is 4.98 Å². The zero-order valence-corrected chi connectivity index (χ0v) is 9.48. The number of rotatable bonds is 1. The number of halogens is 2. The number of nitrogens with one attached hydrogen (secondary N) is 1. The lowest BCUT2D eigenvalue weighted by molar-refractivity contribution is 0.0730. The molecule has 7 heteroatoms. The summed E-state index contributed by atoms with van der Waals surface area (Å²) in [5, 5.41) is 7.32. The van der Waals surface area contributed by atoms with Gasteiger partial charge in [-0.3, -0.25) is 4.68 Å². The van der Waals surface area contributed by atoms with Crippen molar-refractivity contribution in [3.8, 4) is 0 Å². The number of aryl methyl sites for hydroxylation is 1. The first-order valence-corrected chi connectivity index (χ1v) is 4.03. The van der Waals surface area contributed by atoms with Crippen LogP contribution in [0.1, 0.15) is 11.9 Å². The van der Waals surface area contributed by atoms with Gasteiger partial charge in [-0.1, -0.05) is 0 Å². The van der Waals surface area contributed by atoms with Crippen molar-refractivity contribution >= 4 is 24.8 Å². The normalized spacial score (nSPS) is 20.8. The van der Waals surface area contributed by atoms with Crippen molar-refractivity contribution in [3.63, 3.8) is 0 Å².